The molecular formula is C13H22N2O4. The fourth-order valence-electron chi connectivity index (χ4n) is 1.76. The molecule has 1 rings (SSSR count). The van der Waals surface area contributed by atoms with Gasteiger partial charge in [0.2, 0.25) is 11.8 Å². The van der Waals surface area contributed by atoms with Gasteiger partial charge in [-0.05, 0) is 26.2 Å². The number of carbonyl (C=O) groups excluding carboxylic acids is 3. The third-order valence-electron chi connectivity index (χ3n) is 3.12. The zero-order chi connectivity index (χ0) is 14.4. The van der Waals surface area contributed by atoms with Crippen molar-refractivity contribution in [1.29, 1.82) is 0 Å². The number of amides is 2. The molecule has 1 aliphatic carbocycles. The third kappa shape index (κ3) is 5.28. The second-order valence-corrected chi connectivity index (χ2v) is 4.90. The SMILES string of the molecule is CCOC(=O)C(C)NC(=O)CCNC(=O)C1CC1C. The predicted molar refractivity (Wildman–Crippen MR) is 69.1 cm³/mol. The molecular weight excluding hydrogens is 248 g/mol. The maximum atomic E-state index is 11.5. The summed E-state index contributed by atoms with van der Waals surface area (Å²) in [7, 11) is 0. The molecule has 2 N–H and O–H groups in total. The quantitative estimate of drug-likeness (QED) is 0.648. The lowest BCUT2D eigenvalue weighted by molar-refractivity contribution is -0.146. The molecule has 0 saturated heterocycles. The van der Waals surface area contributed by atoms with Crippen LogP contribution in [0.4, 0.5) is 0 Å². The number of rotatable bonds is 7. The van der Waals surface area contributed by atoms with Crippen LogP contribution in [0.2, 0.25) is 0 Å². The molecule has 108 valence electrons. The minimum atomic E-state index is -0.661. The Labute approximate surface area is 113 Å². The van der Waals surface area contributed by atoms with Gasteiger partial charge in [0.15, 0.2) is 0 Å². The van der Waals surface area contributed by atoms with Gasteiger partial charge < -0.3 is 15.4 Å². The van der Waals surface area contributed by atoms with Crippen LogP contribution in [0.15, 0.2) is 0 Å². The number of hydrogen-bond acceptors (Lipinski definition) is 4. The van der Waals surface area contributed by atoms with Crippen molar-refractivity contribution in [2.24, 2.45) is 11.8 Å². The summed E-state index contributed by atoms with van der Waals surface area (Å²) in [5.41, 5.74) is 0. The lowest BCUT2D eigenvalue weighted by Crippen LogP contribution is -2.41. The normalized spacial score (nSPS) is 22.3. The van der Waals surface area contributed by atoms with Crippen molar-refractivity contribution in [2.45, 2.75) is 39.7 Å². The smallest absolute Gasteiger partial charge is 0.328 e. The summed E-state index contributed by atoms with van der Waals surface area (Å²) in [4.78, 5) is 34.3. The minimum absolute atomic E-state index is 0.0127. The largest absolute Gasteiger partial charge is 0.464 e. The molecule has 2 amide bonds. The number of esters is 1. The summed E-state index contributed by atoms with van der Waals surface area (Å²) in [6.07, 6.45) is 1.09. The molecule has 0 radical (unpaired) electrons. The highest BCUT2D eigenvalue weighted by atomic mass is 16.5. The van der Waals surface area contributed by atoms with E-state index in [1.165, 1.54) is 0 Å². The Morgan fingerprint density at radius 1 is 1.37 bits per heavy atom. The molecule has 1 aliphatic rings. The number of ether oxygens (including phenoxy) is 1. The lowest BCUT2D eigenvalue weighted by atomic mass is 10.3. The van der Waals surface area contributed by atoms with Crippen molar-refractivity contribution in [2.75, 3.05) is 13.2 Å². The van der Waals surface area contributed by atoms with E-state index in [4.69, 9.17) is 4.74 Å². The zero-order valence-electron chi connectivity index (χ0n) is 11.7. The fourth-order valence-corrected chi connectivity index (χ4v) is 1.76. The topological polar surface area (TPSA) is 84.5 Å². The molecule has 0 heterocycles. The van der Waals surface area contributed by atoms with Crippen LogP contribution in [0.3, 0.4) is 0 Å². The Morgan fingerprint density at radius 2 is 2.00 bits per heavy atom. The first kappa shape index (κ1) is 15.5. The van der Waals surface area contributed by atoms with E-state index in [1.807, 2.05) is 6.92 Å². The van der Waals surface area contributed by atoms with Gasteiger partial charge in [-0.1, -0.05) is 6.92 Å². The van der Waals surface area contributed by atoms with E-state index in [2.05, 4.69) is 10.6 Å². The van der Waals surface area contributed by atoms with E-state index in [1.54, 1.807) is 13.8 Å². The van der Waals surface area contributed by atoms with E-state index in [-0.39, 0.29) is 30.8 Å². The molecule has 3 unspecified atom stereocenters. The summed E-state index contributed by atoms with van der Waals surface area (Å²) < 4.78 is 4.78. The highest BCUT2D eigenvalue weighted by Crippen LogP contribution is 2.37. The van der Waals surface area contributed by atoms with Crippen LogP contribution in [-0.2, 0) is 19.1 Å². The molecule has 3 atom stereocenters. The molecule has 0 aromatic rings. The molecule has 0 aliphatic heterocycles. The van der Waals surface area contributed by atoms with Crippen LogP contribution >= 0.6 is 0 Å². The Bertz CT molecular complexity index is 357. The Kier molecular flexibility index (Phi) is 5.79. The second-order valence-electron chi connectivity index (χ2n) is 4.90. The highest BCUT2D eigenvalue weighted by Gasteiger charge is 2.38. The average Bonchev–Trinajstić information content (AvgIpc) is 3.06. The van der Waals surface area contributed by atoms with Crippen molar-refractivity contribution in [3.05, 3.63) is 0 Å². The second kappa shape index (κ2) is 7.11. The minimum Gasteiger partial charge on any atom is -0.464 e. The van der Waals surface area contributed by atoms with Gasteiger partial charge in [-0.2, -0.15) is 0 Å². The van der Waals surface area contributed by atoms with Gasteiger partial charge in [-0.25, -0.2) is 4.79 Å². The fraction of sp³-hybridized carbons (Fsp3) is 0.769. The monoisotopic (exact) mass is 270 g/mol. The lowest BCUT2D eigenvalue weighted by Gasteiger charge is -2.12. The van der Waals surface area contributed by atoms with E-state index < -0.39 is 12.0 Å². The van der Waals surface area contributed by atoms with Crippen molar-refractivity contribution in [1.82, 2.24) is 10.6 Å². The van der Waals surface area contributed by atoms with Gasteiger partial charge in [0.25, 0.3) is 0 Å². The first-order chi connectivity index (χ1) is 8.95. The molecule has 0 aromatic heterocycles. The summed E-state index contributed by atoms with van der Waals surface area (Å²) in [6, 6.07) is -0.661. The van der Waals surface area contributed by atoms with E-state index in [9.17, 15) is 14.4 Å². The maximum Gasteiger partial charge on any atom is 0.328 e. The number of nitrogens with one attached hydrogen (secondary N) is 2. The van der Waals surface area contributed by atoms with Crippen molar-refractivity contribution >= 4 is 17.8 Å². The van der Waals surface area contributed by atoms with Gasteiger partial charge in [0.1, 0.15) is 6.04 Å². The van der Waals surface area contributed by atoms with Crippen LogP contribution in [0.25, 0.3) is 0 Å². The molecule has 1 saturated carbocycles. The maximum absolute atomic E-state index is 11.5. The van der Waals surface area contributed by atoms with Gasteiger partial charge in [-0.3, -0.25) is 9.59 Å². The molecule has 6 heteroatoms. The highest BCUT2D eigenvalue weighted by molar-refractivity contribution is 5.85. The van der Waals surface area contributed by atoms with Crippen LogP contribution < -0.4 is 10.6 Å². The average molecular weight is 270 g/mol. The molecule has 19 heavy (non-hydrogen) atoms. The summed E-state index contributed by atoms with van der Waals surface area (Å²) in [5.74, 6) is -0.144. The third-order valence-corrected chi connectivity index (χ3v) is 3.12. The molecule has 0 bridgehead atoms. The van der Waals surface area contributed by atoms with Crippen LogP contribution in [0.1, 0.15) is 33.6 Å². The molecule has 6 nitrogen and oxygen atoms in total. The summed E-state index contributed by atoms with van der Waals surface area (Å²) in [5, 5.41) is 5.24. The Hall–Kier alpha value is -1.59. The Morgan fingerprint density at radius 3 is 2.53 bits per heavy atom. The van der Waals surface area contributed by atoms with Gasteiger partial charge in [0, 0.05) is 18.9 Å². The van der Waals surface area contributed by atoms with E-state index >= 15 is 0 Å². The van der Waals surface area contributed by atoms with Gasteiger partial charge in [-0.15, -0.1) is 0 Å². The van der Waals surface area contributed by atoms with Gasteiger partial charge >= 0.3 is 5.97 Å². The summed E-state index contributed by atoms with van der Waals surface area (Å²) >= 11 is 0. The van der Waals surface area contributed by atoms with E-state index in [0.29, 0.717) is 12.5 Å². The number of carbonyl (C=O) groups is 3. The van der Waals surface area contributed by atoms with E-state index in [0.717, 1.165) is 6.42 Å². The molecule has 0 aromatic carbocycles. The summed E-state index contributed by atoms with van der Waals surface area (Å²) in [6.45, 7) is 5.89. The van der Waals surface area contributed by atoms with Crippen molar-refractivity contribution in [3.63, 3.8) is 0 Å². The first-order valence-electron chi connectivity index (χ1n) is 6.69. The standard InChI is InChI=1S/C13H22N2O4/c1-4-19-13(18)9(3)15-11(16)5-6-14-12(17)10-7-8(10)2/h8-10H,4-7H2,1-3H3,(H,14,17)(H,15,16). The van der Waals surface area contributed by atoms with Crippen LogP contribution in [0, 0.1) is 11.8 Å². The first-order valence-corrected chi connectivity index (χ1v) is 6.69. The van der Waals surface area contributed by atoms with Crippen molar-refractivity contribution in [3.8, 4) is 0 Å². The zero-order valence-corrected chi connectivity index (χ0v) is 11.7. The number of hydrogen-bond donors (Lipinski definition) is 2. The molecule has 0 spiro atoms. The predicted octanol–water partition coefficient (Wildman–Crippen LogP) is 0.217. The Balaban J connectivity index is 2.13. The van der Waals surface area contributed by atoms with Crippen molar-refractivity contribution < 1.29 is 19.1 Å². The molecule has 1 fully saturated rings. The van der Waals surface area contributed by atoms with Crippen LogP contribution in [0.5, 0.6) is 0 Å². The van der Waals surface area contributed by atoms with Gasteiger partial charge in [0.05, 0.1) is 6.61 Å². The van der Waals surface area contributed by atoms with Crippen LogP contribution in [-0.4, -0.2) is 37.0 Å².